The van der Waals surface area contributed by atoms with Crippen molar-refractivity contribution in [3.63, 3.8) is 0 Å². The molecule has 2 heterocycles. The third-order valence-electron chi connectivity index (χ3n) is 4.31. The van der Waals surface area contributed by atoms with Gasteiger partial charge in [0.1, 0.15) is 5.56 Å². The minimum Gasteiger partial charge on any atom is -0.346 e. The van der Waals surface area contributed by atoms with Crippen molar-refractivity contribution in [3.05, 3.63) is 72.9 Å². The van der Waals surface area contributed by atoms with Crippen molar-refractivity contribution in [2.75, 3.05) is 5.32 Å². The van der Waals surface area contributed by atoms with Crippen LogP contribution in [0.2, 0.25) is 15.1 Å². The molecule has 4 rings (SSSR count). The zero-order valence-electron chi connectivity index (χ0n) is 12.8. The zero-order chi connectivity index (χ0) is 17.7. The molecule has 0 bridgehead atoms. The van der Waals surface area contributed by atoms with Gasteiger partial charge >= 0.3 is 0 Å². The van der Waals surface area contributed by atoms with Gasteiger partial charge in [0.25, 0.3) is 5.91 Å². The minimum atomic E-state index is -0.534. The quantitative estimate of drug-likeness (QED) is 0.638. The van der Waals surface area contributed by atoms with E-state index < -0.39 is 5.91 Å². The second kappa shape index (κ2) is 6.06. The van der Waals surface area contributed by atoms with Gasteiger partial charge in [-0.1, -0.05) is 46.9 Å². The van der Waals surface area contributed by atoms with E-state index in [1.54, 1.807) is 12.3 Å². The van der Waals surface area contributed by atoms with Crippen LogP contribution in [0.25, 0.3) is 10.9 Å². The minimum absolute atomic E-state index is 0.0636. The van der Waals surface area contributed by atoms with Gasteiger partial charge in [0, 0.05) is 18.1 Å². The monoisotopic (exact) mass is 392 g/mol. The van der Waals surface area contributed by atoms with Crippen molar-refractivity contribution in [2.24, 2.45) is 0 Å². The average molecular weight is 394 g/mol. The Morgan fingerprint density at radius 2 is 1.84 bits per heavy atom. The first-order valence-electron chi connectivity index (χ1n) is 7.56. The number of carbonyl (C=O) groups is 1. The normalized spacial score (nSPS) is 12.6. The Morgan fingerprint density at radius 1 is 1.08 bits per heavy atom. The number of benzene rings is 2. The maximum Gasteiger partial charge on any atom is 0.261 e. The maximum absolute atomic E-state index is 12.7. The lowest BCUT2D eigenvalue weighted by Crippen LogP contribution is -2.23. The first-order valence-corrected chi connectivity index (χ1v) is 8.70. The van der Waals surface area contributed by atoms with E-state index in [1.165, 1.54) is 12.1 Å². The Kier molecular flexibility index (Phi) is 3.99. The second-order valence-corrected chi connectivity index (χ2v) is 7.05. The van der Waals surface area contributed by atoms with Gasteiger partial charge in [-0.15, -0.1) is 0 Å². The van der Waals surface area contributed by atoms with E-state index in [9.17, 15) is 9.59 Å². The Bertz CT molecular complexity index is 1110. The van der Waals surface area contributed by atoms with Crippen LogP contribution < -0.4 is 10.7 Å². The number of anilines is 1. The van der Waals surface area contributed by atoms with Gasteiger partial charge in [0.05, 0.1) is 26.3 Å². The Labute approximate surface area is 157 Å². The summed E-state index contributed by atoms with van der Waals surface area (Å²) in [4.78, 5) is 25.4. The number of carbonyl (C=O) groups excluding carboxylic acids is 1. The van der Waals surface area contributed by atoms with Gasteiger partial charge in [-0.3, -0.25) is 9.59 Å². The van der Waals surface area contributed by atoms with Crippen molar-refractivity contribution in [1.82, 2.24) is 4.57 Å². The van der Waals surface area contributed by atoms with Crippen LogP contribution in [-0.4, -0.2) is 10.5 Å². The summed E-state index contributed by atoms with van der Waals surface area (Å²) in [5.41, 5.74) is 2.08. The molecule has 1 aliphatic rings. The Balaban J connectivity index is 1.79. The number of aryl methyl sites for hydroxylation is 2. The van der Waals surface area contributed by atoms with E-state index in [-0.39, 0.29) is 26.1 Å². The third-order valence-corrected chi connectivity index (χ3v) is 5.34. The van der Waals surface area contributed by atoms with Crippen molar-refractivity contribution >= 4 is 57.3 Å². The van der Waals surface area contributed by atoms with Crippen LogP contribution in [0.4, 0.5) is 5.69 Å². The van der Waals surface area contributed by atoms with Gasteiger partial charge in [-0.05, 0) is 30.2 Å². The fourth-order valence-electron chi connectivity index (χ4n) is 3.13. The molecule has 3 aromatic rings. The first kappa shape index (κ1) is 16.5. The van der Waals surface area contributed by atoms with Gasteiger partial charge in [-0.2, -0.15) is 0 Å². The smallest absolute Gasteiger partial charge is 0.261 e. The molecule has 0 saturated carbocycles. The summed E-state index contributed by atoms with van der Waals surface area (Å²) >= 11 is 18.0. The number of nitrogens with zero attached hydrogens (tertiary/aromatic N) is 1. The lowest BCUT2D eigenvalue weighted by molar-refractivity contribution is 0.102. The van der Waals surface area contributed by atoms with Gasteiger partial charge in [0.2, 0.25) is 5.43 Å². The number of nitrogens with one attached hydrogen (secondary N) is 1. The molecule has 0 aliphatic carbocycles. The summed E-state index contributed by atoms with van der Waals surface area (Å²) in [6.07, 6.45) is 2.45. The topological polar surface area (TPSA) is 51.1 Å². The fraction of sp³-hybridized carbons (Fsp3) is 0.111. The molecular formula is C18H11Cl3N2O2. The van der Waals surface area contributed by atoms with Gasteiger partial charge < -0.3 is 9.88 Å². The predicted octanol–water partition coefficient (Wildman–Crippen LogP) is 4.77. The summed E-state index contributed by atoms with van der Waals surface area (Å²) in [6.45, 7) is 0.740. The molecule has 0 unspecified atom stereocenters. The van der Waals surface area contributed by atoms with Crippen LogP contribution in [-0.2, 0) is 13.0 Å². The highest BCUT2D eigenvalue weighted by Gasteiger charge is 2.21. The van der Waals surface area contributed by atoms with Crippen molar-refractivity contribution in [3.8, 4) is 0 Å². The molecule has 0 fully saturated rings. The van der Waals surface area contributed by atoms with E-state index in [1.807, 2.05) is 16.7 Å². The summed E-state index contributed by atoms with van der Waals surface area (Å²) in [5.74, 6) is -0.534. The highest BCUT2D eigenvalue weighted by molar-refractivity contribution is 6.44. The molecule has 0 spiro atoms. The summed E-state index contributed by atoms with van der Waals surface area (Å²) in [7, 11) is 0. The van der Waals surface area contributed by atoms with Crippen LogP contribution in [0.5, 0.6) is 0 Å². The molecule has 1 amide bonds. The number of para-hydroxylation sites is 1. The van der Waals surface area contributed by atoms with Crippen LogP contribution >= 0.6 is 34.8 Å². The number of hydrogen-bond donors (Lipinski definition) is 1. The first-order chi connectivity index (χ1) is 12.0. The van der Waals surface area contributed by atoms with Crippen LogP contribution in [0.1, 0.15) is 15.9 Å². The van der Waals surface area contributed by atoms with Crippen molar-refractivity contribution < 1.29 is 4.79 Å². The molecule has 1 aliphatic heterocycles. The van der Waals surface area contributed by atoms with Crippen LogP contribution in [0.15, 0.2) is 41.3 Å². The van der Waals surface area contributed by atoms with Crippen molar-refractivity contribution in [2.45, 2.75) is 13.0 Å². The van der Waals surface area contributed by atoms with Crippen LogP contribution in [0.3, 0.4) is 0 Å². The molecule has 0 saturated heterocycles. The Morgan fingerprint density at radius 3 is 2.64 bits per heavy atom. The molecule has 1 aromatic heterocycles. The average Bonchev–Trinajstić information content (AvgIpc) is 3.00. The number of amides is 1. The number of pyridine rings is 1. The molecule has 0 atom stereocenters. The third kappa shape index (κ3) is 2.71. The standard InChI is InChI=1S/C18H11Cl3N2O2/c19-12-6-14(21)15(7-13(12)20)22-18(25)11-8-23-5-4-9-2-1-3-10(16(9)23)17(11)24/h1-3,6-8H,4-5H2,(H,22,25). The maximum atomic E-state index is 12.7. The van der Waals surface area contributed by atoms with E-state index in [0.29, 0.717) is 11.1 Å². The largest absolute Gasteiger partial charge is 0.346 e. The molecule has 4 nitrogen and oxygen atoms in total. The van der Waals surface area contributed by atoms with E-state index in [2.05, 4.69) is 5.32 Å². The number of rotatable bonds is 2. The lowest BCUT2D eigenvalue weighted by Gasteiger charge is -2.11. The molecule has 0 radical (unpaired) electrons. The van der Waals surface area contributed by atoms with E-state index in [0.717, 1.165) is 24.0 Å². The SMILES string of the molecule is O=C(Nc1cc(Cl)c(Cl)cc1Cl)c1cn2c3c(cccc3c1=O)CC2. The fourth-order valence-corrected chi connectivity index (χ4v) is 3.72. The number of halogens is 3. The highest BCUT2D eigenvalue weighted by Crippen LogP contribution is 2.32. The second-order valence-electron chi connectivity index (χ2n) is 5.83. The molecule has 1 N–H and O–H groups in total. The molecular weight excluding hydrogens is 383 g/mol. The molecule has 7 heteroatoms. The molecule has 2 aromatic carbocycles. The van der Waals surface area contributed by atoms with Gasteiger partial charge in [-0.25, -0.2) is 0 Å². The molecule has 25 heavy (non-hydrogen) atoms. The lowest BCUT2D eigenvalue weighted by atomic mass is 10.1. The number of aromatic nitrogens is 1. The highest BCUT2D eigenvalue weighted by atomic mass is 35.5. The van der Waals surface area contributed by atoms with E-state index >= 15 is 0 Å². The van der Waals surface area contributed by atoms with Crippen molar-refractivity contribution in [1.29, 1.82) is 0 Å². The summed E-state index contributed by atoms with van der Waals surface area (Å²) < 4.78 is 1.94. The predicted molar refractivity (Wildman–Crippen MR) is 101 cm³/mol. The van der Waals surface area contributed by atoms with Gasteiger partial charge in [0.15, 0.2) is 0 Å². The summed E-state index contributed by atoms with van der Waals surface area (Å²) in [6, 6.07) is 8.48. The van der Waals surface area contributed by atoms with E-state index in [4.69, 9.17) is 34.8 Å². The Hall–Kier alpha value is -2.01. The number of hydrogen-bond acceptors (Lipinski definition) is 2. The molecule has 126 valence electrons. The van der Waals surface area contributed by atoms with Crippen LogP contribution in [0, 0.1) is 0 Å². The summed E-state index contributed by atoms with van der Waals surface area (Å²) in [5, 5.41) is 3.98. The zero-order valence-corrected chi connectivity index (χ0v) is 15.0.